The average molecular weight is 284 g/mol. The van der Waals surface area contributed by atoms with Gasteiger partial charge in [-0.25, -0.2) is 0 Å². The lowest BCUT2D eigenvalue weighted by atomic mass is 9.94. The van der Waals surface area contributed by atoms with Crippen molar-refractivity contribution in [3.05, 3.63) is 0 Å². The molecule has 0 aromatic rings. The second kappa shape index (κ2) is 8.63. The molecule has 0 spiro atoms. The van der Waals surface area contributed by atoms with Gasteiger partial charge < -0.3 is 15.7 Å². The van der Waals surface area contributed by atoms with Crippen molar-refractivity contribution in [2.24, 2.45) is 0 Å². The Morgan fingerprint density at radius 1 is 1.20 bits per heavy atom. The number of rotatable bonds is 7. The molecule has 0 bridgehead atoms. The van der Waals surface area contributed by atoms with E-state index in [1.165, 1.54) is 12.8 Å². The highest BCUT2D eigenvalue weighted by Crippen LogP contribution is 2.26. The molecule has 0 saturated heterocycles. The Morgan fingerprint density at radius 2 is 1.80 bits per heavy atom. The van der Waals surface area contributed by atoms with Crippen LogP contribution in [-0.2, 0) is 4.79 Å². The van der Waals surface area contributed by atoms with E-state index in [-0.39, 0.29) is 18.0 Å². The van der Waals surface area contributed by atoms with Crippen molar-refractivity contribution in [2.45, 2.75) is 89.8 Å². The summed E-state index contributed by atoms with van der Waals surface area (Å²) in [4.78, 5) is 12.0. The number of nitrogens with one attached hydrogen (secondary N) is 2. The summed E-state index contributed by atoms with van der Waals surface area (Å²) in [5, 5.41) is 16.8. The molecule has 1 amide bonds. The number of hydrogen-bond acceptors (Lipinski definition) is 3. The van der Waals surface area contributed by atoms with Gasteiger partial charge in [-0.15, -0.1) is 0 Å². The molecular weight excluding hydrogens is 252 g/mol. The second-order valence-corrected chi connectivity index (χ2v) is 6.44. The van der Waals surface area contributed by atoms with Gasteiger partial charge in [-0.05, 0) is 33.1 Å². The molecule has 1 saturated carbocycles. The van der Waals surface area contributed by atoms with Crippen LogP contribution in [0.15, 0.2) is 0 Å². The monoisotopic (exact) mass is 284 g/mol. The van der Waals surface area contributed by atoms with Gasteiger partial charge in [-0.2, -0.15) is 0 Å². The van der Waals surface area contributed by atoms with Crippen LogP contribution in [0.1, 0.15) is 72.1 Å². The van der Waals surface area contributed by atoms with E-state index in [1.807, 2.05) is 13.8 Å². The molecule has 0 aliphatic heterocycles. The largest absolute Gasteiger partial charge is 0.389 e. The molecule has 0 aromatic heterocycles. The number of carbonyl (C=O) groups is 1. The fourth-order valence-electron chi connectivity index (χ4n) is 2.87. The third kappa shape index (κ3) is 6.23. The average Bonchev–Trinajstić information content (AvgIpc) is 2.61. The summed E-state index contributed by atoms with van der Waals surface area (Å²) < 4.78 is 0. The number of amides is 1. The molecule has 2 unspecified atom stereocenters. The number of carbonyl (C=O) groups excluding carboxylic acids is 1. The molecule has 0 radical (unpaired) electrons. The van der Waals surface area contributed by atoms with E-state index in [9.17, 15) is 9.90 Å². The van der Waals surface area contributed by atoms with Crippen LogP contribution >= 0.6 is 0 Å². The summed E-state index contributed by atoms with van der Waals surface area (Å²) in [6.45, 7) is 6.54. The third-order valence-electron chi connectivity index (χ3n) is 4.28. The fourth-order valence-corrected chi connectivity index (χ4v) is 2.87. The van der Waals surface area contributed by atoms with Crippen LogP contribution in [0.25, 0.3) is 0 Å². The maximum Gasteiger partial charge on any atom is 0.237 e. The maximum atomic E-state index is 12.0. The van der Waals surface area contributed by atoms with Crippen molar-refractivity contribution in [1.82, 2.24) is 10.6 Å². The Labute approximate surface area is 123 Å². The van der Waals surface area contributed by atoms with Crippen LogP contribution in [-0.4, -0.2) is 35.2 Å². The molecule has 4 nitrogen and oxygen atoms in total. The molecule has 118 valence electrons. The highest BCUT2D eigenvalue weighted by molar-refractivity contribution is 5.81. The Hall–Kier alpha value is -0.610. The first kappa shape index (κ1) is 17.4. The molecule has 0 heterocycles. The highest BCUT2D eigenvalue weighted by atomic mass is 16.3. The summed E-state index contributed by atoms with van der Waals surface area (Å²) in [5.74, 6) is 0.0307. The third-order valence-corrected chi connectivity index (χ3v) is 4.28. The molecule has 4 heteroatoms. The van der Waals surface area contributed by atoms with Crippen molar-refractivity contribution in [3.63, 3.8) is 0 Å². The molecule has 1 aliphatic carbocycles. The van der Waals surface area contributed by atoms with Crippen molar-refractivity contribution >= 4 is 5.91 Å². The van der Waals surface area contributed by atoms with Gasteiger partial charge in [-0.1, -0.05) is 39.0 Å². The van der Waals surface area contributed by atoms with E-state index in [1.54, 1.807) is 0 Å². The van der Waals surface area contributed by atoms with Crippen LogP contribution < -0.4 is 10.6 Å². The first-order valence-electron chi connectivity index (χ1n) is 8.23. The van der Waals surface area contributed by atoms with E-state index in [0.717, 1.165) is 38.5 Å². The van der Waals surface area contributed by atoms with Crippen molar-refractivity contribution in [2.75, 3.05) is 6.54 Å². The molecular formula is C16H32N2O2. The topological polar surface area (TPSA) is 61.4 Å². The summed E-state index contributed by atoms with van der Waals surface area (Å²) >= 11 is 0. The van der Waals surface area contributed by atoms with Crippen molar-refractivity contribution in [1.29, 1.82) is 0 Å². The maximum absolute atomic E-state index is 12.0. The normalized spacial score (nSPS) is 21.8. The van der Waals surface area contributed by atoms with Gasteiger partial charge in [0, 0.05) is 12.6 Å². The zero-order valence-electron chi connectivity index (χ0n) is 13.4. The lowest BCUT2D eigenvalue weighted by molar-refractivity contribution is -0.123. The first-order chi connectivity index (χ1) is 9.47. The van der Waals surface area contributed by atoms with E-state index in [0.29, 0.717) is 6.54 Å². The van der Waals surface area contributed by atoms with Crippen LogP contribution in [0.4, 0.5) is 0 Å². The van der Waals surface area contributed by atoms with Crippen molar-refractivity contribution < 1.29 is 9.90 Å². The van der Waals surface area contributed by atoms with Crippen LogP contribution in [0.3, 0.4) is 0 Å². The fraction of sp³-hybridized carbons (Fsp3) is 0.938. The molecule has 1 rings (SSSR count). The zero-order valence-corrected chi connectivity index (χ0v) is 13.4. The first-order valence-corrected chi connectivity index (χ1v) is 8.23. The van der Waals surface area contributed by atoms with E-state index < -0.39 is 5.60 Å². The second-order valence-electron chi connectivity index (χ2n) is 6.44. The van der Waals surface area contributed by atoms with Gasteiger partial charge in [0.1, 0.15) is 0 Å². The van der Waals surface area contributed by atoms with Crippen LogP contribution in [0.2, 0.25) is 0 Å². The number of aliphatic hydroxyl groups is 1. The molecule has 1 aliphatic rings. The molecule has 3 N–H and O–H groups in total. The van der Waals surface area contributed by atoms with E-state index in [2.05, 4.69) is 17.6 Å². The van der Waals surface area contributed by atoms with Crippen molar-refractivity contribution in [3.8, 4) is 0 Å². The Balaban J connectivity index is 2.33. The summed E-state index contributed by atoms with van der Waals surface area (Å²) in [5.41, 5.74) is -0.625. The summed E-state index contributed by atoms with van der Waals surface area (Å²) in [6.07, 6.45) is 8.38. The van der Waals surface area contributed by atoms with Crippen LogP contribution in [0.5, 0.6) is 0 Å². The minimum absolute atomic E-state index is 0.0307. The SMILES string of the molecule is CCCC(C)NC(=O)C(C)NCC1(O)CCCCCC1. The lowest BCUT2D eigenvalue weighted by Gasteiger charge is -2.29. The molecule has 20 heavy (non-hydrogen) atoms. The van der Waals surface area contributed by atoms with Crippen LogP contribution in [0, 0.1) is 0 Å². The smallest absolute Gasteiger partial charge is 0.237 e. The summed E-state index contributed by atoms with van der Waals surface area (Å²) in [7, 11) is 0. The minimum atomic E-state index is -0.625. The van der Waals surface area contributed by atoms with Gasteiger partial charge >= 0.3 is 0 Å². The Kier molecular flexibility index (Phi) is 7.52. The predicted molar refractivity (Wildman–Crippen MR) is 82.6 cm³/mol. The quantitative estimate of drug-likeness (QED) is 0.629. The lowest BCUT2D eigenvalue weighted by Crippen LogP contribution is -2.50. The van der Waals surface area contributed by atoms with Gasteiger partial charge in [0.25, 0.3) is 0 Å². The zero-order chi connectivity index (χ0) is 15.0. The highest BCUT2D eigenvalue weighted by Gasteiger charge is 2.29. The number of hydrogen-bond donors (Lipinski definition) is 3. The predicted octanol–water partition coefficient (Wildman–Crippen LogP) is 2.35. The van der Waals surface area contributed by atoms with Gasteiger partial charge in [0.15, 0.2) is 0 Å². The minimum Gasteiger partial charge on any atom is -0.389 e. The Morgan fingerprint density at radius 3 is 2.35 bits per heavy atom. The van der Waals surface area contributed by atoms with Gasteiger partial charge in [0.2, 0.25) is 5.91 Å². The molecule has 0 aromatic carbocycles. The molecule has 1 fully saturated rings. The van der Waals surface area contributed by atoms with Gasteiger partial charge in [0.05, 0.1) is 11.6 Å². The van der Waals surface area contributed by atoms with E-state index in [4.69, 9.17) is 0 Å². The molecule has 2 atom stereocenters. The standard InChI is InChI=1S/C16H32N2O2/c1-4-9-13(2)18-15(19)14(3)17-12-16(20)10-7-5-6-8-11-16/h13-14,17,20H,4-12H2,1-3H3,(H,18,19). The van der Waals surface area contributed by atoms with Gasteiger partial charge in [-0.3, -0.25) is 4.79 Å². The van der Waals surface area contributed by atoms with E-state index >= 15 is 0 Å². The Bertz CT molecular complexity index is 286. The summed E-state index contributed by atoms with van der Waals surface area (Å²) in [6, 6.07) is -0.0284.